The lowest BCUT2D eigenvalue weighted by Crippen LogP contribution is -2.33. The zero-order valence-corrected chi connectivity index (χ0v) is 23.6. The fraction of sp³-hybridized carbons (Fsp3) is 0.258. The molecule has 9 nitrogen and oxygen atoms in total. The molecule has 0 spiro atoms. The molecular formula is C31H28ClFN8O. The number of anilines is 2. The molecule has 11 heteroatoms. The van der Waals surface area contributed by atoms with E-state index >= 15 is 0 Å². The number of pyridine rings is 2. The number of ether oxygens (including phenoxy) is 1. The molecule has 0 bridgehead atoms. The first-order chi connectivity index (χ1) is 20.8. The molecule has 42 heavy (non-hydrogen) atoms. The minimum Gasteiger partial charge on any atom is -0.383 e. The summed E-state index contributed by atoms with van der Waals surface area (Å²) in [4.78, 5) is 8.59. The maximum atomic E-state index is 13.9. The van der Waals surface area contributed by atoms with E-state index in [2.05, 4.69) is 43.9 Å². The van der Waals surface area contributed by atoms with Gasteiger partial charge >= 0.3 is 0 Å². The lowest BCUT2D eigenvalue weighted by atomic mass is 9.82. The quantitative estimate of drug-likeness (QED) is 0.219. The molecule has 1 aliphatic rings. The van der Waals surface area contributed by atoms with Gasteiger partial charge in [-0.15, -0.1) is 5.10 Å². The molecule has 2 aromatic carbocycles. The summed E-state index contributed by atoms with van der Waals surface area (Å²) in [7, 11) is 0. The second-order valence-corrected chi connectivity index (χ2v) is 11.0. The van der Waals surface area contributed by atoms with Crippen molar-refractivity contribution in [3.05, 3.63) is 101 Å². The van der Waals surface area contributed by atoms with Crippen LogP contribution in [-0.2, 0) is 4.74 Å². The number of benzene rings is 2. The molecule has 1 aliphatic heterocycles. The average molecular weight is 584 g/mol. The number of rotatable bonds is 8. The van der Waals surface area contributed by atoms with Gasteiger partial charge in [-0.25, -0.2) is 9.07 Å². The molecule has 4 heterocycles. The molecule has 0 amide bonds. The van der Waals surface area contributed by atoms with Gasteiger partial charge in [-0.05, 0) is 60.2 Å². The minimum absolute atomic E-state index is 0.000755. The number of hydrogen-bond donors (Lipinski definition) is 2. The maximum absolute atomic E-state index is 13.9. The van der Waals surface area contributed by atoms with Crippen molar-refractivity contribution in [2.45, 2.75) is 25.8 Å². The highest BCUT2D eigenvalue weighted by molar-refractivity contribution is 6.35. The van der Waals surface area contributed by atoms with Crippen molar-refractivity contribution in [3.8, 4) is 11.8 Å². The number of hydrogen-bond acceptors (Lipinski definition) is 8. The molecule has 0 saturated carbocycles. The molecule has 6 rings (SSSR count). The van der Waals surface area contributed by atoms with Crippen molar-refractivity contribution >= 4 is 33.9 Å². The Morgan fingerprint density at radius 1 is 1.21 bits per heavy atom. The standard InChI is InChI=1S/C31H28ClFN8O/c1-31(8-11-42-12-9-31)19-37-28-21(15-34)16-36-30-25(28)13-23(14-26(30)32)38-29(20-4-6-22(33)7-5-20)27-18-41(40-39-27)24-3-2-10-35-17-24/h2-7,10,13-14,16-18,29,38H,8-9,11-12,19H2,1H3,(H,36,37)/i29D. The van der Waals surface area contributed by atoms with Crippen LogP contribution in [0.2, 0.25) is 5.02 Å². The van der Waals surface area contributed by atoms with E-state index in [0.717, 1.165) is 12.8 Å². The Balaban J connectivity index is 1.42. The van der Waals surface area contributed by atoms with Gasteiger partial charge in [0.2, 0.25) is 0 Å². The third-order valence-corrected chi connectivity index (χ3v) is 7.79. The zero-order chi connectivity index (χ0) is 30.0. The van der Waals surface area contributed by atoms with Crippen LogP contribution in [0, 0.1) is 22.6 Å². The SMILES string of the molecule is [2H]C(Nc1cc(Cl)c2ncc(C#N)c(NCC3(C)CCOCC3)c2c1)(c1ccc(F)cc1)c1cn(-c2cccnc2)nn1. The fourth-order valence-electron chi connectivity index (χ4n) is 4.99. The maximum Gasteiger partial charge on any atom is 0.123 e. The van der Waals surface area contributed by atoms with Crippen molar-refractivity contribution in [3.63, 3.8) is 0 Å². The Morgan fingerprint density at radius 3 is 2.76 bits per heavy atom. The first-order valence-corrected chi connectivity index (χ1v) is 13.9. The lowest BCUT2D eigenvalue weighted by molar-refractivity contribution is 0.0300. The van der Waals surface area contributed by atoms with Gasteiger partial charge in [-0.2, -0.15) is 5.26 Å². The van der Waals surface area contributed by atoms with Crippen molar-refractivity contribution in [2.24, 2.45) is 5.41 Å². The molecule has 0 radical (unpaired) electrons. The van der Waals surface area contributed by atoms with E-state index in [1.807, 2.05) is 12.1 Å². The van der Waals surface area contributed by atoms with Gasteiger partial charge in [0.05, 0.1) is 47.3 Å². The summed E-state index contributed by atoms with van der Waals surface area (Å²) in [6, 6.07) is 13.3. The fourth-order valence-corrected chi connectivity index (χ4v) is 5.26. The van der Waals surface area contributed by atoms with Crippen LogP contribution in [0.4, 0.5) is 15.8 Å². The van der Waals surface area contributed by atoms with Crippen molar-refractivity contribution in [1.29, 1.82) is 5.26 Å². The van der Waals surface area contributed by atoms with E-state index in [-0.39, 0.29) is 11.1 Å². The van der Waals surface area contributed by atoms with Gasteiger partial charge in [0.1, 0.15) is 17.6 Å². The number of fused-ring (bicyclic) bond motifs is 1. The Morgan fingerprint density at radius 2 is 2.02 bits per heavy atom. The topological polar surface area (TPSA) is 114 Å². The molecule has 5 aromatic rings. The molecular weight excluding hydrogens is 555 g/mol. The molecule has 1 fully saturated rings. The Kier molecular flexibility index (Phi) is 7.34. The van der Waals surface area contributed by atoms with Crippen LogP contribution in [0.1, 0.15) is 44.0 Å². The third kappa shape index (κ3) is 5.75. The summed E-state index contributed by atoms with van der Waals surface area (Å²) in [6.45, 7) is 4.23. The van der Waals surface area contributed by atoms with E-state index in [1.165, 1.54) is 35.1 Å². The predicted molar refractivity (Wildman–Crippen MR) is 159 cm³/mol. The second-order valence-electron chi connectivity index (χ2n) is 10.6. The summed E-state index contributed by atoms with van der Waals surface area (Å²) < 4.78 is 30.6. The molecule has 212 valence electrons. The molecule has 0 aliphatic carbocycles. The van der Waals surface area contributed by atoms with Crippen LogP contribution in [0.5, 0.6) is 0 Å². The number of nitriles is 1. The van der Waals surface area contributed by atoms with Gasteiger partial charge in [0.25, 0.3) is 0 Å². The third-order valence-electron chi connectivity index (χ3n) is 7.50. The van der Waals surface area contributed by atoms with Crippen LogP contribution < -0.4 is 10.6 Å². The van der Waals surface area contributed by atoms with E-state index < -0.39 is 11.8 Å². The molecule has 3 aromatic heterocycles. The normalized spacial score (nSPS) is 16.3. The monoisotopic (exact) mass is 583 g/mol. The predicted octanol–water partition coefficient (Wildman–Crippen LogP) is 6.30. The largest absolute Gasteiger partial charge is 0.383 e. The number of aromatic nitrogens is 5. The average Bonchev–Trinajstić information content (AvgIpc) is 3.52. The van der Waals surface area contributed by atoms with Crippen molar-refractivity contribution < 1.29 is 10.5 Å². The minimum atomic E-state index is -1.70. The summed E-state index contributed by atoms with van der Waals surface area (Å²) in [5.41, 5.74) is 3.35. The molecule has 1 saturated heterocycles. The lowest BCUT2D eigenvalue weighted by Gasteiger charge is -2.34. The highest BCUT2D eigenvalue weighted by atomic mass is 35.5. The van der Waals surface area contributed by atoms with Crippen LogP contribution in [0.25, 0.3) is 16.6 Å². The first kappa shape index (κ1) is 26.3. The summed E-state index contributed by atoms with van der Waals surface area (Å²) >= 11 is 6.75. The summed E-state index contributed by atoms with van der Waals surface area (Å²) in [5.74, 6) is -0.428. The number of nitrogens with one attached hydrogen (secondary N) is 2. The van der Waals surface area contributed by atoms with Crippen LogP contribution in [0.3, 0.4) is 0 Å². The van der Waals surface area contributed by atoms with Gasteiger partial charge in [0, 0.05) is 43.2 Å². The molecule has 1 unspecified atom stereocenters. The number of nitrogens with zero attached hydrogens (tertiary/aromatic N) is 6. The van der Waals surface area contributed by atoms with E-state index in [1.54, 1.807) is 30.7 Å². The Labute approximate surface area is 248 Å². The highest BCUT2D eigenvalue weighted by Crippen LogP contribution is 2.37. The zero-order valence-electron chi connectivity index (χ0n) is 23.8. The van der Waals surface area contributed by atoms with Crippen molar-refractivity contribution in [2.75, 3.05) is 30.4 Å². The highest BCUT2D eigenvalue weighted by Gasteiger charge is 2.28. The van der Waals surface area contributed by atoms with Crippen LogP contribution in [0.15, 0.2) is 73.3 Å². The molecule has 1 atom stereocenters. The van der Waals surface area contributed by atoms with Gasteiger partial charge in [-0.1, -0.05) is 35.9 Å². The second kappa shape index (κ2) is 11.7. The van der Waals surface area contributed by atoms with Gasteiger partial charge < -0.3 is 15.4 Å². The summed E-state index contributed by atoms with van der Waals surface area (Å²) in [6.07, 6.45) is 8.22. The Bertz CT molecular complexity index is 1810. The van der Waals surface area contributed by atoms with E-state index in [4.69, 9.17) is 16.3 Å². The van der Waals surface area contributed by atoms with E-state index in [9.17, 15) is 11.0 Å². The van der Waals surface area contributed by atoms with Gasteiger partial charge in [0.15, 0.2) is 0 Å². The first-order valence-electron chi connectivity index (χ1n) is 14.0. The van der Waals surface area contributed by atoms with Gasteiger partial charge in [-0.3, -0.25) is 9.97 Å². The smallest absolute Gasteiger partial charge is 0.123 e. The molecule has 2 N–H and O–H groups in total. The van der Waals surface area contributed by atoms with Crippen molar-refractivity contribution in [1.82, 2.24) is 25.0 Å². The summed E-state index contributed by atoms with van der Waals surface area (Å²) in [5, 5.41) is 26.2. The van der Waals surface area contributed by atoms with Crippen LogP contribution >= 0.6 is 11.6 Å². The Hall–Kier alpha value is -4.59. The van der Waals surface area contributed by atoms with Crippen LogP contribution in [-0.4, -0.2) is 44.7 Å². The number of halogens is 2. The van der Waals surface area contributed by atoms with E-state index in [0.29, 0.717) is 63.9 Å².